The van der Waals surface area contributed by atoms with Crippen LogP contribution in [0.5, 0.6) is 0 Å². The molecule has 0 saturated carbocycles. The lowest BCUT2D eigenvalue weighted by Crippen LogP contribution is -2.54. The lowest BCUT2D eigenvalue weighted by molar-refractivity contribution is -0.155. The minimum Gasteiger partial charge on any atom is -0.379 e. The van der Waals surface area contributed by atoms with E-state index in [4.69, 9.17) is 4.84 Å². The van der Waals surface area contributed by atoms with Gasteiger partial charge in [-0.15, -0.1) is 0 Å². The van der Waals surface area contributed by atoms with Gasteiger partial charge in [0.15, 0.2) is 0 Å². The fourth-order valence-electron chi connectivity index (χ4n) is 3.10. The highest BCUT2D eigenvalue weighted by atomic mass is 19.1. The van der Waals surface area contributed by atoms with Gasteiger partial charge in [-0.05, 0) is 19.5 Å². The number of carbonyl (C=O) groups excluding carboxylic acids is 1. The third kappa shape index (κ3) is 3.08. The Hall–Kier alpha value is -1.95. The Morgan fingerprint density at radius 3 is 2.65 bits per heavy atom. The van der Waals surface area contributed by atoms with Gasteiger partial charge in [0, 0.05) is 38.2 Å². The van der Waals surface area contributed by atoms with Crippen molar-refractivity contribution in [3.8, 4) is 0 Å². The second-order valence-electron chi connectivity index (χ2n) is 6.24. The van der Waals surface area contributed by atoms with Gasteiger partial charge in [-0.3, -0.25) is 4.79 Å². The van der Waals surface area contributed by atoms with Crippen LogP contribution in [0.15, 0.2) is 29.4 Å². The quantitative estimate of drug-likeness (QED) is 0.854. The van der Waals surface area contributed by atoms with Crippen molar-refractivity contribution in [3.63, 3.8) is 0 Å². The SMILES string of the molecule is CCN1CCN(C(=O)C2(C)CC(c3ccccc3F)=NO2)CC1. The van der Waals surface area contributed by atoms with Gasteiger partial charge in [0.25, 0.3) is 5.91 Å². The van der Waals surface area contributed by atoms with Crippen molar-refractivity contribution in [1.82, 2.24) is 9.80 Å². The number of oxime groups is 1. The summed E-state index contributed by atoms with van der Waals surface area (Å²) in [6.45, 7) is 7.99. The summed E-state index contributed by atoms with van der Waals surface area (Å²) in [6.07, 6.45) is 0.292. The molecule has 2 heterocycles. The second kappa shape index (κ2) is 6.28. The summed E-state index contributed by atoms with van der Waals surface area (Å²) in [5, 5.41) is 3.99. The number of rotatable bonds is 3. The maximum Gasteiger partial charge on any atom is 0.269 e. The van der Waals surface area contributed by atoms with Crippen LogP contribution >= 0.6 is 0 Å². The fraction of sp³-hybridized carbons (Fsp3) is 0.529. The van der Waals surface area contributed by atoms with Crippen molar-refractivity contribution in [3.05, 3.63) is 35.6 Å². The highest BCUT2D eigenvalue weighted by Crippen LogP contribution is 2.29. The number of benzene rings is 1. The molecule has 0 N–H and O–H groups in total. The number of hydrogen-bond donors (Lipinski definition) is 0. The normalized spacial score (nSPS) is 25.2. The topological polar surface area (TPSA) is 45.1 Å². The van der Waals surface area contributed by atoms with Crippen molar-refractivity contribution in [2.75, 3.05) is 32.7 Å². The zero-order valence-corrected chi connectivity index (χ0v) is 13.6. The van der Waals surface area contributed by atoms with Crippen LogP contribution in [0, 0.1) is 5.82 Å². The average molecular weight is 319 g/mol. The summed E-state index contributed by atoms with van der Waals surface area (Å²) in [7, 11) is 0. The predicted octanol–water partition coefficient (Wildman–Crippen LogP) is 1.87. The third-order valence-electron chi connectivity index (χ3n) is 4.61. The average Bonchev–Trinajstić information content (AvgIpc) is 2.98. The molecule has 1 saturated heterocycles. The van der Waals surface area contributed by atoms with Crippen LogP contribution in [-0.4, -0.2) is 59.7 Å². The first kappa shape index (κ1) is 15.9. The molecule has 2 aliphatic heterocycles. The Labute approximate surface area is 135 Å². The molecule has 0 bridgehead atoms. The van der Waals surface area contributed by atoms with Crippen LogP contribution in [0.2, 0.25) is 0 Å². The summed E-state index contributed by atoms with van der Waals surface area (Å²) >= 11 is 0. The van der Waals surface area contributed by atoms with Gasteiger partial charge in [0.1, 0.15) is 5.82 Å². The van der Waals surface area contributed by atoms with Gasteiger partial charge in [0.2, 0.25) is 5.60 Å². The zero-order chi connectivity index (χ0) is 16.4. The largest absolute Gasteiger partial charge is 0.379 e. The molecule has 1 aromatic carbocycles. The van der Waals surface area contributed by atoms with Gasteiger partial charge in [-0.25, -0.2) is 4.39 Å². The van der Waals surface area contributed by atoms with Crippen LogP contribution in [-0.2, 0) is 9.63 Å². The molecular weight excluding hydrogens is 297 g/mol. The molecule has 1 unspecified atom stereocenters. The molecule has 124 valence electrons. The smallest absolute Gasteiger partial charge is 0.269 e. The van der Waals surface area contributed by atoms with Crippen LogP contribution in [0.25, 0.3) is 0 Å². The number of halogens is 1. The van der Waals surface area contributed by atoms with Crippen LogP contribution in [0.3, 0.4) is 0 Å². The van der Waals surface area contributed by atoms with E-state index in [9.17, 15) is 9.18 Å². The number of carbonyl (C=O) groups is 1. The van der Waals surface area contributed by atoms with E-state index in [2.05, 4.69) is 17.0 Å². The monoisotopic (exact) mass is 319 g/mol. The minimum atomic E-state index is -1.04. The molecule has 5 nitrogen and oxygen atoms in total. The molecule has 1 amide bonds. The summed E-state index contributed by atoms with van der Waals surface area (Å²) in [4.78, 5) is 22.4. The number of hydrogen-bond acceptors (Lipinski definition) is 4. The Morgan fingerprint density at radius 1 is 1.30 bits per heavy atom. The van der Waals surface area contributed by atoms with E-state index < -0.39 is 5.60 Å². The van der Waals surface area contributed by atoms with E-state index in [-0.39, 0.29) is 11.7 Å². The first-order valence-electron chi connectivity index (χ1n) is 8.05. The Bertz CT molecular complexity index is 626. The van der Waals surface area contributed by atoms with Crippen LogP contribution in [0.4, 0.5) is 4.39 Å². The van der Waals surface area contributed by atoms with Crippen molar-refractivity contribution in [2.45, 2.75) is 25.9 Å². The van der Waals surface area contributed by atoms with E-state index in [1.54, 1.807) is 25.1 Å². The van der Waals surface area contributed by atoms with Gasteiger partial charge in [-0.2, -0.15) is 0 Å². The van der Waals surface area contributed by atoms with E-state index in [1.807, 2.05) is 4.90 Å². The van der Waals surface area contributed by atoms with Gasteiger partial charge >= 0.3 is 0 Å². The van der Waals surface area contributed by atoms with Crippen molar-refractivity contribution in [2.24, 2.45) is 5.16 Å². The summed E-state index contributed by atoms with van der Waals surface area (Å²) in [5.74, 6) is -0.411. The lowest BCUT2D eigenvalue weighted by Gasteiger charge is -2.37. The Balaban J connectivity index is 1.68. The molecule has 2 aliphatic rings. The first-order chi connectivity index (χ1) is 11.0. The molecule has 0 radical (unpaired) electrons. The molecule has 1 aromatic rings. The maximum atomic E-state index is 13.9. The fourth-order valence-corrected chi connectivity index (χ4v) is 3.10. The molecule has 0 spiro atoms. The van der Waals surface area contributed by atoms with Gasteiger partial charge in [-0.1, -0.05) is 30.3 Å². The molecular formula is C17H22FN3O2. The molecule has 1 fully saturated rings. The highest BCUT2D eigenvalue weighted by Gasteiger charge is 2.45. The van der Waals surface area contributed by atoms with Gasteiger partial charge in [0.05, 0.1) is 5.71 Å². The van der Waals surface area contributed by atoms with E-state index in [0.29, 0.717) is 30.8 Å². The number of likely N-dealkylation sites (N-methyl/N-ethyl adjacent to an activating group) is 1. The molecule has 3 rings (SSSR count). The lowest BCUT2D eigenvalue weighted by atomic mass is 9.94. The van der Waals surface area contributed by atoms with Crippen molar-refractivity contribution >= 4 is 11.6 Å². The van der Waals surface area contributed by atoms with Crippen LogP contribution < -0.4 is 0 Å². The molecule has 23 heavy (non-hydrogen) atoms. The molecule has 1 atom stereocenters. The van der Waals surface area contributed by atoms with E-state index in [0.717, 1.165) is 19.6 Å². The predicted molar refractivity (Wildman–Crippen MR) is 85.7 cm³/mol. The van der Waals surface area contributed by atoms with E-state index >= 15 is 0 Å². The first-order valence-corrected chi connectivity index (χ1v) is 8.05. The van der Waals surface area contributed by atoms with Crippen LogP contribution in [0.1, 0.15) is 25.8 Å². The highest BCUT2D eigenvalue weighted by molar-refractivity contribution is 6.05. The maximum absolute atomic E-state index is 13.9. The third-order valence-corrected chi connectivity index (χ3v) is 4.61. The number of nitrogens with zero attached hydrogens (tertiary/aromatic N) is 3. The standard InChI is InChI=1S/C17H22FN3O2/c1-3-20-8-10-21(11-9-20)16(22)17(2)12-15(19-23-17)13-6-4-5-7-14(13)18/h4-7H,3,8-12H2,1-2H3. The summed E-state index contributed by atoms with van der Waals surface area (Å²) < 4.78 is 13.9. The van der Waals surface area contributed by atoms with Crippen molar-refractivity contribution in [1.29, 1.82) is 0 Å². The number of amides is 1. The van der Waals surface area contributed by atoms with E-state index in [1.165, 1.54) is 6.07 Å². The summed E-state index contributed by atoms with van der Waals surface area (Å²) in [5.41, 5.74) is -0.141. The molecule has 6 heteroatoms. The van der Waals surface area contributed by atoms with Crippen molar-refractivity contribution < 1.29 is 14.0 Å². The molecule has 0 aromatic heterocycles. The minimum absolute atomic E-state index is 0.0663. The second-order valence-corrected chi connectivity index (χ2v) is 6.24. The zero-order valence-electron chi connectivity index (χ0n) is 13.6. The summed E-state index contributed by atoms with van der Waals surface area (Å²) in [6, 6.07) is 6.43. The Kier molecular flexibility index (Phi) is 4.35. The van der Waals surface area contributed by atoms with Gasteiger partial charge < -0.3 is 14.6 Å². The Morgan fingerprint density at radius 2 is 2.00 bits per heavy atom. The molecule has 0 aliphatic carbocycles. The number of piperazine rings is 1.